The van der Waals surface area contributed by atoms with Gasteiger partial charge in [0.15, 0.2) is 0 Å². The summed E-state index contributed by atoms with van der Waals surface area (Å²) in [6.45, 7) is 3.53. The van der Waals surface area contributed by atoms with Crippen molar-refractivity contribution in [2.45, 2.75) is 37.6 Å². The molecule has 21 heavy (non-hydrogen) atoms. The number of benzene rings is 1. The average Bonchev–Trinajstić information content (AvgIpc) is 2.44. The molecule has 0 aliphatic carbocycles. The maximum Gasteiger partial charge on any atom is 0.240 e. The Balaban J connectivity index is 3.13. The second kappa shape index (κ2) is 8.03. The second-order valence-electron chi connectivity index (χ2n) is 4.63. The van der Waals surface area contributed by atoms with Gasteiger partial charge in [-0.3, -0.25) is 0 Å². The minimum absolute atomic E-state index is 0.130. The third-order valence-corrected chi connectivity index (χ3v) is 4.45. The van der Waals surface area contributed by atoms with Crippen molar-refractivity contribution in [1.82, 2.24) is 4.72 Å². The molecule has 1 atom stereocenters. The van der Waals surface area contributed by atoms with Crippen LogP contribution in [0.3, 0.4) is 0 Å². The van der Waals surface area contributed by atoms with Gasteiger partial charge in [0.2, 0.25) is 10.0 Å². The molecule has 0 aromatic heterocycles. The molecule has 0 saturated carbocycles. The Morgan fingerprint density at radius 1 is 1.43 bits per heavy atom. The first kappa shape index (κ1) is 17.5. The van der Waals surface area contributed by atoms with Crippen LogP contribution in [-0.2, 0) is 10.0 Å². The number of nitrogens with one attached hydrogen (secondary N) is 1. The van der Waals surface area contributed by atoms with Crippen molar-refractivity contribution in [3.63, 3.8) is 0 Å². The Morgan fingerprint density at radius 2 is 2.14 bits per heavy atom. The first-order chi connectivity index (χ1) is 9.94. The Labute approximate surface area is 126 Å². The van der Waals surface area contributed by atoms with Crippen molar-refractivity contribution in [3.05, 3.63) is 23.8 Å². The zero-order valence-corrected chi connectivity index (χ0v) is 13.3. The number of ether oxygens (including phenoxy) is 1. The second-order valence-corrected chi connectivity index (χ2v) is 6.35. The van der Waals surface area contributed by atoms with Gasteiger partial charge in [0, 0.05) is 6.04 Å². The fourth-order valence-corrected chi connectivity index (χ4v) is 3.22. The van der Waals surface area contributed by atoms with Crippen LogP contribution in [-0.4, -0.2) is 33.3 Å². The van der Waals surface area contributed by atoms with Crippen LogP contribution in [0.5, 0.6) is 5.75 Å². The quantitative estimate of drug-likeness (QED) is 0.781. The Morgan fingerprint density at radius 3 is 2.71 bits per heavy atom. The minimum atomic E-state index is -3.59. The van der Waals surface area contributed by atoms with Crippen molar-refractivity contribution >= 4 is 10.0 Å². The fraction of sp³-hybridized carbons (Fsp3) is 0.467. The smallest absolute Gasteiger partial charge is 0.240 e. The topological polar surface area (TPSA) is 75.6 Å². The highest BCUT2D eigenvalue weighted by molar-refractivity contribution is 7.89. The predicted molar refractivity (Wildman–Crippen MR) is 81.6 cm³/mol. The van der Waals surface area contributed by atoms with Crippen molar-refractivity contribution in [1.29, 1.82) is 0 Å². The van der Waals surface area contributed by atoms with Gasteiger partial charge in [-0.1, -0.05) is 25.2 Å². The molecule has 0 amide bonds. The summed E-state index contributed by atoms with van der Waals surface area (Å²) in [5.41, 5.74) is 0.428. The molecule has 1 rings (SSSR count). The molecule has 0 bridgehead atoms. The zero-order valence-electron chi connectivity index (χ0n) is 12.5. The summed E-state index contributed by atoms with van der Waals surface area (Å²) < 4.78 is 32.3. The van der Waals surface area contributed by atoms with Gasteiger partial charge in [-0.15, -0.1) is 0 Å². The lowest BCUT2D eigenvalue weighted by molar-refractivity contribution is 0.350. The number of hydrogen-bond acceptors (Lipinski definition) is 4. The standard InChI is InChI=1S/C15H21NO4S/c1-4-6-12(2)16-21(18,19)14-8-9-15(20-3)13(11-14)7-5-10-17/h8-9,11-12,16-17H,4,6,10H2,1-3H3. The fourth-order valence-electron chi connectivity index (χ4n) is 1.91. The number of aliphatic hydroxyl groups is 1. The van der Waals surface area contributed by atoms with Gasteiger partial charge in [0.1, 0.15) is 12.4 Å². The van der Waals surface area contributed by atoms with Crippen molar-refractivity contribution in [2.24, 2.45) is 0 Å². The highest BCUT2D eigenvalue weighted by Gasteiger charge is 2.18. The van der Waals surface area contributed by atoms with Gasteiger partial charge in [0.25, 0.3) is 0 Å². The molecular weight excluding hydrogens is 290 g/mol. The van der Waals surface area contributed by atoms with E-state index in [1.54, 1.807) is 6.07 Å². The molecule has 0 aliphatic rings. The van der Waals surface area contributed by atoms with Crippen LogP contribution in [0.25, 0.3) is 0 Å². The maximum absolute atomic E-state index is 12.3. The molecule has 0 fully saturated rings. The van der Waals surface area contributed by atoms with E-state index in [1.807, 2.05) is 13.8 Å². The van der Waals surface area contributed by atoms with E-state index in [0.29, 0.717) is 11.3 Å². The molecular formula is C15H21NO4S. The third-order valence-electron chi connectivity index (χ3n) is 2.86. The van der Waals surface area contributed by atoms with E-state index in [4.69, 9.17) is 9.84 Å². The molecule has 1 aromatic carbocycles. The number of aliphatic hydroxyl groups excluding tert-OH is 1. The molecule has 0 saturated heterocycles. The Kier molecular flexibility index (Phi) is 6.69. The summed E-state index contributed by atoms with van der Waals surface area (Å²) in [5.74, 6) is 5.65. The molecule has 0 radical (unpaired) electrons. The average molecular weight is 311 g/mol. The SMILES string of the molecule is CCCC(C)NS(=O)(=O)c1ccc(OC)c(C#CCO)c1. The van der Waals surface area contributed by atoms with Crippen LogP contribution in [0, 0.1) is 11.8 Å². The predicted octanol–water partition coefficient (Wildman–Crippen LogP) is 1.51. The minimum Gasteiger partial charge on any atom is -0.495 e. The first-order valence-corrected chi connectivity index (χ1v) is 8.23. The normalized spacial score (nSPS) is 12.4. The molecule has 1 unspecified atom stereocenters. The maximum atomic E-state index is 12.3. The third kappa shape index (κ3) is 5.05. The van der Waals surface area contributed by atoms with Gasteiger partial charge in [-0.05, 0) is 31.5 Å². The number of hydrogen-bond donors (Lipinski definition) is 2. The van der Waals surface area contributed by atoms with E-state index in [0.717, 1.165) is 12.8 Å². The molecule has 0 heterocycles. The van der Waals surface area contributed by atoms with Gasteiger partial charge in [-0.25, -0.2) is 13.1 Å². The van der Waals surface area contributed by atoms with Crippen LogP contribution in [0.1, 0.15) is 32.3 Å². The number of methoxy groups -OCH3 is 1. The van der Waals surface area contributed by atoms with E-state index >= 15 is 0 Å². The van der Waals surface area contributed by atoms with Gasteiger partial charge >= 0.3 is 0 Å². The molecule has 2 N–H and O–H groups in total. The first-order valence-electron chi connectivity index (χ1n) is 6.74. The van der Waals surface area contributed by atoms with E-state index in [-0.39, 0.29) is 17.5 Å². The van der Waals surface area contributed by atoms with E-state index < -0.39 is 10.0 Å². The monoisotopic (exact) mass is 311 g/mol. The molecule has 1 aromatic rings. The lowest BCUT2D eigenvalue weighted by atomic mass is 10.2. The molecule has 6 heteroatoms. The van der Waals surface area contributed by atoms with Crippen molar-refractivity contribution < 1.29 is 18.3 Å². The van der Waals surface area contributed by atoms with E-state index in [1.165, 1.54) is 19.2 Å². The summed E-state index contributed by atoms with van der Waals surface area (Å²) >= 11 is 0. The van der Waals surface area contributed by atoms with Gasteiger partial charge < -0.3 is 9.84 Å². The van der Waals surface area contributed by atoms with Crippen LogP contribution in [0.2, 0.25) is 0 Å². The Hall–Kier alpha value is -1.55. The summed E-state index contributed by atoms with van der Waals surface area (Å²) in [6, 6.07) is 4.35. The molecule has 0 spiro atoms. The van der Waals surface area contributed by atoms with E-state index in [9.17, 15) is 8.42 Å². The zero-order chi connectivity index (χ0) is 15.9. The molecule has 5 nitrogen and oxygen atoms in total. The lowest BCUT2D eigenvalue weighted by Crippen LogP contribution is -2.32. The summed E-state index contributed by atoms with van der Waals surface area (Å²) in [7, 11) is -2.11. The number of sulfonamides is 1. The largest absolute Gasteiger partial charge is 0.495 e. The lowest BCUT2D eigenvalue weighted by Gasteiger charge is -2.14. The van der Waals surface area contributed by atoms with E-state index in [2.05, 4.69) is 16.6 Å². The van der Waals surface area contributed by atoms with Crippen LogP contribution in [0.15, 0.2) is 23.1 Å². The number of rotatable bonds is 6. The summed E-state index contributed by atoms with van der Waals surface area (Å²) in [5, 5.41) is 8.75. The highest BCUT2D eigenvalue weighted by Crippen LogP contribution is 2.22. The van der Waals surface area contributed by atoms with Crippen LogP contribution < -0.4 is 9.46 Å². The van der Waals surface area contributed by atoms with Crippen LogP contribution >= 0.6 is 0 Å². The van der Waals surface area contributed by atoms with Gasteiger partial charge in [-0.2, -0.15) is 0 Å². The van der Waals surface area contributed by atoms with Gasteiger partial charge in [0.05, 0.1) is 17.6 Å². The van der Waals surface area contributed by atoms with Crippen LogP contribution in [0.4, 0.5) is 0 Å². The molecule has 0 aliphatic heterocycles. The summed E-state index contributed by atoms with van der Waals surface area (Å²) in [6.07, 6.45) is 1.67. The van der Waals surface area contributed by atoms with Crippen molar-refractivity contribution in [3.8, 4) is 17.6 Å². The van der Waals surface area contributed by atoms with Crippen molar-refractivity contribution in [2.75, 3.05) is 13.7 Å². The Bertz CT molecular complexity index is 629. The summed E-state index contributed by atoms with van der Waals surface area (Å²) in [4.78, 5) is 0.133. The highest BCUT2D eigenvalue weighted by atomic mass is 32.2. The molecule has 116 valence electrons.